The highest BCUT2D eigenvalue weighted by Gasteiger charge is 2.30. The first-order valence-electron chi connectivity index (χ1n) is 6.83. The van der Waals surface area contributed by atoms with Gasteiger partial charge in [0.2, 0.25) is 5.91 Å². The molecule has 21 heavy (non-hydrogen) atoms. The summed E-state index contributed by atoms with van der Waals surface area (Å²) < 4.78 is 6.60. The number of carboxylic acids is 1. The van der Waals surface area contributed by atoms with Crippen LogP contribution in [0.1, 0.15) is 37.0 Å². The summed E-state index contributed by atoms with van der Waals surface area (Å²) in [4.78, 5) is 25.2. The highest BCUT2D eigenvalue weighted by molar-refractivity contribution is 5.87. The number of carbonyl (C=O) groups excluding carboxylic acids is 1. The van der Waals surface area contributed by atoms with Crippen molar-refractivity contribution in [3.05, 3.63) is 11.4 Å². The van der Waals surface area contributed by atoms with Crippen molar-refractivity contribution < 1.29 is 19.4 Å². The molecule has 0 bridgehead atoms. The lowest BCUT2D eigenvalue weighted by molar-refractivity contribution is -0.136. The van der Waals surface area contributed by atoms with E-state index in [1.165, 1.54) is 4.68 Å². The highest BCUT2D eigenvalue weighted by atomic mass is 16.5. The molecule has 1 aliphatic rings. The number of aromatic nitrogens is 3. The molecule has 0 saturated carbocycles. The number of ether oxygens (including phenoxy) is 1. The van der Waals surface area contributed by atoms with Gasteiger partial charge >= 0.3 is 5.97 Å². The fraction of sp³-hybridized carbons (Fsp3) is 0.692. The van der Waals surface area contributed by atoms with E-state index in [-0.39, 0.29) is 18.1 Å². The Hall–Kier alpha value is -1.96. The fourth-order valence-electron chi connectivity index (χ4n) is 2.35. The van der Waals surface area contributed by atoms with E-state index in [9.17, 15) is 14.7 Å². The Kier molecular flexibility index (Phi) is 4.26. The third-order valence-electron chi connectivity index (χ3n) is 3.30. The zero-order valence-corrected chi connectivity index (χ0v) is 12.5. The van der Waals surface area contributed by atoms with E-state index in [1.807, 2.05) is 20.8 Å². The Bertz CT molecular complexity index is 541. The van der Waals surface area contributed by atoms with Gasteiger partial charge in [-0.05, 0) is 0 Å². The summed E-state index contributed by atoms with van der Waals surface area (Å²) in [6.07, 6.45) is 0. The zero-order valence-electron chi connectivity index (χ0n) is 12.5. The van der Waals surface area contributed by atoms with Crippen LogP contribution in [0.3, 0.4) is 0 Å². The molecule has 1 aromatic heterocycles. The second-order valence-electron chi connectivity index (χ2n) is 5.99. The fourth-order valence-corrected chi connectivity index (χ4v) is 2.35. The second-order valence-corrected chi connectivity index (χ2v) is 5.99. The number of amides is 1. The normalized spacial score (nSPS) is 16.0. The maximum Gasteiger partial charge on any atom is 0.358 e. The van der Waals surface area contributed by atoms with Gasteiger partial charge in [-0.1, -0.05) is 26.0 Å². The molecular weight excluding hydrogens is 276 g/mol. The van der Waals surface area contributed by atoms with Crippen molar-refractivity contribution in [3.63, 3.8) is 0 Å². The van der Waals surface area contributed by atoms with Crippen molar-refractivity contribution in [1.29, 1.82) is 0 Å². The van der Waals surface area contributed by atoms with Crippen LogP contribution in [-0.4, -0.2) is 63.2 Å². The average molecular weight is 296 g/mol. The third-order valence-corrected chi connectivity index (χ3v) is 3.30. The number of carboxylic acid groups (broad SMARTS) is 1. The van der Waals surface area contributed by atoms with Crippen LogP contribution in [0.2, 0.25) is 0 Å². The lowest BCUT2D eigenvalue weighted by atomic mass is 9.90. The van der Waals surface area contributed by atoms with E-state index in [1.54, 1.807) is 4.90 Å². The predicted octanol–water partition coefficient (Wildman–Crippen LogP) is 0.133. The predicted molar refractivity (Wildman–Crippen MR) is 73.1 cm³/mol. The van der Waals surface area contributed by atoms with Crippen molar-refractivity contribution in [2.75, 3.05) is 26.3 Å². The van der Waals surface area contributed by atoms with Gasteiger partial charge in [-0.25, -0.2) is 9.48 Å². The Morgan fingerprint density at radius 2 is 1.90 bits per heavy atom. The second kappa shape index (κ2) is 5.80. The number of nitrogens with zero attached hydrogens (tertiary/aromatic N) is 4. The van der Waals surface area contributed by atoms with E-state index in [0.717, 1.165) is 0 Å². The molecule has 116 valence electrons. The van der Waals surface area contributed by atoms with Crippen LogP contribution in [0.25, 0.3) is 0 Å². The zero-order chi connectivity index (χ0) is 15.6. The molecule has 1 aliphatic heterocycles. The van der Waals surface area contributed by atoms with Gasteiger partial charge in [-0.2, -0.15) is 0 Å². The molecule has 1 aromatic rings. The number of aromatic carboxylic acids is 1. The van der Waals surface area contributed by atoms with Crippen molar-refractivity contribution >= 4 is 11.9 Å². The third kappa shape index (κ3) is 3.38. The van der Waals surface area contributed by atoms with Crippen LogP contribution in [0, 0.1) is 0 Å². The van der Waals surface area contributed by atoms with E-state index in [4.69, 9.17) is 4.74 Å². The first-order chi connectivity index (χ1) is 9.80. The van der Waals surface area contributed by atoms with Crippen molar-refractivity contribution in [2.24, 2.45) is 0 Å². The van der Waals surface area contributed by atoms with Crippen LogP contribution < -0.4 is 0 Å². The number of morpholine rings is 1. The van der Waals surface area contributed by atoms with Gasteiger partial charge in [0.15, 0.2) is 5.69 Å². The number of carbonyl (C=O) groups is 2. The minimum atomic E-state index is -1.13. The topological polar surface area (TPSA) is 97.5 Å². The standard InChI is InChI=1S/C13H20N4O4/c1-13(2,3)11-10(12(19)20)14-15-17(11)8-9(18)16-4-6-21-7-5-16/h4-8H2,1-3H3,(H,19,20). The molecule has 8 nitrogen and oxygen atoms in total. The van der Waals surface area contributed by atoms with Gasteiger partial charge in [0.1, 0.15) is 6.54 Å². The summed E-state index contributed by atoms with van der Waals surface area (Å²) in [5, 5.41) is 16.7. The molecule has 0 atom stereocenters. The molecule has 2 heterocycles. The van der Waals surface area contributed by atoms with E-state index < -0.39 is 11.4 Å². The Morgan fingerprint density at radius 3 is 2.43 bits per heavy atom. The maximum atomic E-state index is 12.3. The summed E-state index contributed by atoms with van der Waals surface area (Å²) in [5.41, 5.74) is -0.114. The molecule has 0 spiro atoms. The van der Waals surface area contributed by atoms with Crippen LogP contribution in [0.4, 0.5) is 0 Å². The summed E-state index contributed by atoms with van der Waals surface area (Å²) in [6, 6.07) is 0. The average Bonchev–Trinajstić information content (AvgIpc) is 2.83. The van der Waals surface area contributed by atoms with E-state index in [2.05, 4.69) is 10.3 Å². The van der Waals surface area contributed by atoms with Crippen LogP contribution in [-0.2, 0) is 21.5 Å². The molecule has 1 fully saturated rings. The highest BCUT2D eigenvalue weighted by Crippen LogP contribution is 2.24. The van der Waals surface area contributed by atoms with Crippen molar-refractivity contribution in [2.45, 2.75) is 32.7 Å². The Labute approximate surface area is 122 Å². The molecule has 8 heteroatoms. The molecule has 2 rings (SSSR count). The first-order valence-corrected chi connectivity index (χ1v) is 6.83. The van der Waals surface area contributed by atoms with Gasteiger partial charge in [0.25, 0.3) is 0 Å². The SMILES string of the molecule is CC(C)(C)c1c(C(=O)O)nnn1CC(=O)N1CCOCC1. The molecule has 0 unspecified atom stereocenters. The maximum absolute atomic E-state index is 12.3. The van der Waals surface area contributed by atoms with Crippen LogP contribution in [0.5, 0.6) is 0 Å². The quantitative estimate of drug-likeness (QED) is 0.851. The van der Waals surface area contributed by atoms with Gasteiger partial charge in [0.05, 0.1) is 18.9 Å². The monoisotopic (exact) mass is 296 g/mol. The summed E-state index contributed by atoms with van der Waals surface area (Å²) in [7, 11) is 0. The van der Waals surface area contributed by atoms with E-state index in [0.29, 0.717) is 32.0 Å². The number of hydrogen-bond acceptors (Lipinski definition) is 5. The molecule has 0 aromatic carbocycles. The molecule has 1 saturated heterocycles. The van der Waals surface area contributed by atoms with Gasteiger partial charge < -0.3 is 14.7 Å². The minimum Gasteiger partial charge on any atom is -0.476 e. The lowest BCUT2D eigenvalue weighted by Gasteiger charge is -2.27. The molecule has 1 amide bonds. The van der Waals surface area contributed by atoms with Crippen LogP contribution >= 0.6 is 0 Å². The lowest BCUT2D eigenvalue weighted by Crippen LogP contribution is -2.42. The first kappa shape index (κ1) is 15.4. The van der Waals surface area contributed by atoms with Crippen LogP contribution in [0.15, 0.2) is 0 Å². The van der Waals surface area contributed by atoms with Gasteiger partial charge in [-0.3, -0.25) is 4.79 Å². The summed E-state index contributed by atoms with van der Waals surface area (Å²) in [6.45, 7) is 7.74. The molecule has 0 aliphatic carbocycles. The summed E-state index contributed by atoms with van der Waals surface area (Å²) >= 11 is 0. The van der Waals surface area contributed by atoms with Gasteiger partial charge in [-0.15, -0.1) is 5.10 Å². The molecular formula is C13H20N4O4. The number of hydrogen-bond donors (Lipinski definition) is 1. The van der Waals surface area contributed by atoms with Crippen molar-refractivity contribution in [1.82, 2.24) is 19.9 Å². The Morgan fingerprint density at radius 1 is 1.29 bits per heavy atom. The van der Waals surface area contributed by atoms with Crippen molar-refractivity contribution in [3.8, 4) is 0 Å². The smallest absolute Gasteiger partial charge is 0.358 e. The van der Waals surface area contributed by atoms with Gasteiger partial charge in [0, 0.05) is 18.5 Å². The van der Waals surface area contributed by atoms with E-state index >= 15 is 0 Å². The Balaban J connectivity index is 2.23. The largest absolute Gasteiger partial charge is 0.476 e. The molecule has 0 radical (unpaired) electrons. The molecule has 1 N–H and O–H groups in total. The minimum absolute atomic E-state index is 0.00706. The summed E-state index contributed by atoms with van der Waals surface area (Å²) in [5.74, 6) is -1.24. The number of rotatable bonds is 3.